The molecule has 0 aliphatic rings. The number of nitrogens with zero attached hydrogens (tertiary/aromatic N) is 2. The highest BCUT2D eigenvalue weighted by molar-refractivity contribution is 5.94. The van der Waals surface area contributed by atoms with Crippen LogP contribution >= 0.6 is 0 Å². The summed E-state index contributed by atoms with van der Waals surface area (Å²) >= 11 is 0. The van der Waals surface area contributed by atoms with Crippen molar-refractivity contribution in [2.75, 3.05) is 13.1 Å². The highest BCUT2D eigenvalue weighted by Crippen LogP contribution is 2.08. The summed E-state index contributed by atoms with van der Waals surface area (Å²) in [7, 11) is 0. The molecule has 228 valence electrons. The second-order valence-corrected chi connectivity index (χ2v) is 9.88. The average molecular weight is 577 g/mol. The Balaban J connectivity index is 3.12. The molecule has 0 heterocycles. The molecule has 15 heteroatoms. The summed E-state index contributed by atoms with van der Waals surface area (Å²) in [5.41, 5.74) is 28.1. The molecule has 0 saturated carbocycles. The van der Waals surface area contributed by atoms with Crippen molar-refractivity contribution < 1.29 is 24.3 Å². The van der Waals surface area contributed by atoms with Crippen molar-refractivity contribution in [1.29, 1.82) is 0 Å². The van der Waals surface area contributed by atoms with Gasteiger partial charge in [0.05, 0.1) is 6.04 Å². The highest BCUT2D eigenvalue weighted by atomic mass is 16.4. The second-order valence-electron chi connectivity index (χ2n) is 9.88. The van der Waals surface area contributed by atoms with Gasteiger partial charge in [0.2, 0.25) is 17.7 Å². The van der Waals surface area contributed by atoms with Crippen LogP contribution in [0.3, 0.4) is 0 Å². The third-order valence-corrected chi connectivity index (χ3v) is 6.07. The maximum Gasteiger partial charge on any atom is 0.326 e. The van der Waals surface area contributed by atoms with Gasteiger partial charge in [-0.25, -0.2) is 4.79 Å². The monoisotopic (exact) mass is 576 g/mol. The number of carbonyl (C=O) groups is 4. The first-order valence-corrected chi connectivity index (χ1v) is 13.4. The predicted molar refractivity (Wildman–Crippen MR) is 156 cm³/mol. The molecule has 3 amide bonds. The summed E-state index contributed by atoms with van der Waals surface area (Å²) in [6.07, 6.45) is 0.908. The smallest absolute Gasteiger partial charge is 0.326 e. The Morgan fingerprint density at radius 2 is 1.20 bits per heavy atom. The van der Waals surface area contributed by atoms with Gasteiger partial charge in [-0.05, 0) is 37.2 Å². The number of carboxylic acids is 1. The van der Waals surface area contributed by atoms with E-state index < -0.39 is 47.9 Å². The average Bonchev–Trinajstić information content (AvgIpc) is 2.90. The Bertz CT molecular complexity index is 1060. The topological polar surface area (TPSA) is 279 Å². The molecule has 0 aliphatic carbocycles. The fourth-order valence-electron chi connectivity index (χ4n) is 3.71. The Kier molecular flexibility index (Phi) is 15.2. The van der Waals surface area contributed by atoms with Gasteiger partial charge in [-0.3, -0.25) is 24.4 Å². The van der Waals surface area contributed by atoms with Crippen LogP contribution in [0.4, 0.5) is 0 Å². The Morgan fingerprint density at radius 1 is 0.756 bits per heavy atom. The van der Waals surface area contributed by atoms with E-state index in [-0.39, 0.29) is 50.2 Å². The summed E-state index contributed by atoms with van der Waals surface area (Å²) < 4.78 is 0. The lowest BCUT2D eigenvalue weighted by atomic mass is 10.0. The van der Waals surface area contributed by atoms with Crippen molar-refractivity contribution in [3.8, 4) is 0 Å². The van der Waals surface area contributed by atoms with Gasteiger partial charge in [-0.2, -0.15) is 0 Å². The molecule has 15 nitrogen and oxygen atoms in total. The fourth-order valence-corrected chi connectivity index (χ4v) is 3.71. The number of aliphatic carboxylic acids is 1. The van der Waals surface area contributed by atoms with Crippen LogP contribution in [0.2, 0.25) is 0 Å². The molecule has 0 aliphatic heterocycles. The maximum absolute atomic E-state index is 13.3. The number of aliphatic imine (C=N–C) groups is 2. The van der Waals surface area contributed by atoms with E-state index in [0.717, 1.165) is 0 Å². The normalized spacial score (nSPS) is 13.7. The Morgan fingerprint density at radius 3 is 1.61 bits per heavy atom. The first-order valence-electron chi connectivity index (χ1n) is 13.4. The molecule has 0 spiro atoms. The number of hydrogen-bond donors (Lipinski definition) is 9. The number of benzene rings is 1. The standard InChI is InChI=1S/C26H44N10O5/c1-15(2)20(27)23(39)35-18(11-7-13-33-26(30)31)21(37)34-17(10-6-12-32-25(28)29)22(38)36-19(24(40)41)14-16-8-4-3-5-9-16/h3-5,8-9,15,17-20H,6-7,10-14,27H2,1-2H3,(H,34,37)(H,35,39)(H,36,38)(H,40,41)(H4,28,29,32)(H4,30,31,33). The maximum atomic E-state index is 13.3. The molecule has 0 radical (unpaired) electrons. The Labute approximate surface area is 239 Å². The van der Waals surface area contributed by atoms with Crippen LogP contribution in [-0.2, 0) is 25.6 Å². The van der Waals surface area contributed by atoms with Gasteiger partial charge in [0.1, 0.15) is 18.1 Å². The first-order chi connectivity index (χ1) is 19.3. The van der Waals surface area contributed by atoms with Gasteiger partial charge < -0.3 is 49.7 Å². The second kappa shape index (κ2) is 18.0. The third-order valence-electron chi connectivity index (χ3n) is 6.07. The van der Waals surface area contributed by atoms with Crippen LogP contribution in [0.25, 0.3) is 0 Å². The molecule has 1 aromatic carbocycles. The van der Waals surface area contributed by atoms with E-state index in [9.17, 15) is 24.3 Å². The van der Waals surface area contributed by atoms with Crippen molar-refractivity contribution in [3.63, 3.8) is 0 Å². The largest absolute Gasteiger partial charge is 0.480 e. The summed E-state index contributed by atoms with van der Waals surface area (Å²) in [5, 5.41) is 17.5. The lowest BCUT2D eigenvalue weighted by Crippen LogP contribution is -2.57. The van der Waals surface area contributed by atoms with Crippen LogP contribution < -0.4 is 44.6 Å². The molecule has 0 saturated heterocycles. The molecular formula is C26H44N10O5. The van der Waals surface area contributed by atoms with Crippen LogP contribution in [-0.4, -0.2) is 78.0 Å². The number of rotatable bonds is 18. The SMILES string of the molecule is CC(C)C(N)C(=O)NC(CCCN=C(N)N)C(=O)NC(CCCN=C(N)N)C(=O)NC(Cc1ccccc1)C(=O)O. The van der Waals surface area contributed by atoms with E-state index in [1.54, 1.807) is 44.2 Å². The zero-order valence-electron chi connectivity index (χ0n) is 23.6. The molecule has 0 fully saturated rings. The molecule has 1 rings (SSSR count). The van der Waals surface area contributed by atoms with Gasteiger partial charge in [0.15, 0.2) is 11.9 Å². The molecule has 1 aromatic rings. The fraction of sp³-hybridized carbons (Fsp3) is 0.538. The number of amides is 3. The molecule has 14 N–H and O–H groups in total. The van der Waals surface area contributed by atoms with Gasteiger partial charge in [0, 0.05) is 19.5 Å². The lowest BCUT2D eigenvalue weighted by Gasteiger charge is -2.26. The Hall–Kier alpha value is -4.40. The third kappa shape index (κ3) is 14.0. The molecular weight excluding hydrogens is 532 g/mol. The van der Waals surface area contributed by atoms with E-state index >= 15 is 0 Å². The summed E-state index contributed by atoms with van der Waals surface area (Å²) in [5.74, 6) is -3.57. The summed E-state index contributed by atoms with van der Waals surface area (Å²) in [6.45, 7) is 3.92. The van der Waals surface area contributed by atoms with E-state index in [2.05, 4.69) is 25.9 Å². The summed E-state index contributed by atoms with van der Waals surface area (Å²) in [4.78, 5) is 59.0. The van der Waals surface area contributed by atoms with Crippen molar-refractivity contribution in [2.24, 2.45) is 44.6 Å². The van der Waals surface area contributed by atoms with Crippen molar-refractivity contribution in [1.82, 2.24) is 16.0 Å². The van der Waals surface area contributed by atoms with E-state index in [1.807, 2.05) is 0 Å². The van der Waals surface area contributed by atoms with E-state index in [1.165, 1.54) is 0 Å². The van der Waals surface area contributed by atoms with Crippen LogP contribution in [0.15, 0.2) is 40.3 Å². The first kappa shape index (κ1) is 34.6. The van der Waals surface area contributed by atoms with Gasteiger partial charge in [-0.1, -0.05) is 44.2 Å². The van der Waals surface area contributed by atoms with E-state index in [0.29, 0.717) is 18.4 Å². The van der Waals surface area contributed by atoms with Crippen molar-refractivity contribution in [2.45, 2.75) is 70.1 Å². The number of nitrogens with two attached hydrogens (primary N) is 5. The lowest BCUT2D eigenvalue weighted by molar-refractivity contribution is -0.142. The quantitative estimate of drug-likeness (QED) is 0.0519. The van der Waals surface area contributed by atoms with Gasteiger partial charge in [0.25, 0.3) is 0 Å². The predicted octanol–water partition coefficient (Wildman–Crippen LogP) is -2.14. The number of carbonyl (C=O) groups excluding carboxylic acids is 3. The summed E-state index contributed by atoms with van der Waals surface area (Å²) in [6, 6.07) is 4.48. The van der Waals surface area contributed by atoms with Crippen LogP contribution in [0.1, 0.15) is 45.1 Å². The van der Waals surface area contributed by atoms with Gasteiger partial charge in [-0.15, -0.1) is 0 Å². The molecule has 4 atom stereocenters. The number of carboxylic acid groups (broad SMARTS) is 1. The minimum atomic E-state index is -1.25. The minimum Gasteiger partial charge on any atom is -0.480 e. The molecule has 0 bridgehead atoms. The van der Waals surface area contributed by atoms with E-state index in [4.69, 9.17) is 28.7 Å². The van der Waals surface area contributed by atoms with Crippen molar-refractivity contribution >= 4 is 35.6 Å². The zero-order valence-corrected chi connectivity index (χ0v) is 23.6. The van der Waals surface area contributed by atoms with Gasteiger partial charge >= 0.3 is 5.97 Å². The number of guanidine groups is 2. The van der Waals surface area contributed by atoms with Crippen LogP contribution in [0, 0.1) is 5.92 Å². The molecule has 4 unspecified atom stereocenters. The highest BCUT2D eigenvalue weighted by Gasteiger charge is 2.30. The zero-order chi connectivity index (χ0) is 30.9. The minimum absolute atomic E-state index is 0.0349. The number of hydrogen-bond acceptors (Lipinski definition) is 7. The molecule has 41 heavy (non-hydrogen) atoms. The number of nitrogens with one attached hydrogen (secondary N) is 3. The van der Waals surface area contributed by atoms with Crippen molar-refractivity contribution in [3.05, 3.63) is 35.9 Å². The van der Waals surface area contributed by atoms with Crippen LogP contribution in [0.5, 0.6) is 0 Å². The molecule has 0 aromatic heterocycles.